The molecule has 0 radical (unpaired) electrons. The van der Waals surface area contributed by atoms with Gasteiger partial charge in [-0.2, -0.15) is 0 Å². The quantitative estimate of drug-likeness (QED) is 0.792. The lowest BCUT2D eigenvalue weighted by Gasteiger charge is -2.13. The first-order valence-corrected chi connectivity index (χ1v) is 6.86. The molecule has 0 saturated carbocycles. The molecule has 0 bridgehead atoms. The van der Waals surface area contributed by atoms with E-state index in [4.69, 9.17) is 0 Å². The van der Waals surface area contributed by atoms with Crippen molar-refractivity contribution in [1.29, 1.82) is 0 Å². The van der Waals surface area contributed by atoms with E-state index < -0.39 is 0 Å². The summed E-state index contributed by atoms with van der Waals surface area (Å²) in [6.07, 6.45) is 7.15. The third-order valence-corrected chi connectivity index (χ3v) is 3.40. The molecule has 0 amide bonds. The number of hydrogen-bond donors (Lipinski definition) is 1. The van der Waals surface area contributed by atoms with Gasteiger partial charge in [-0.3, -0.25) is 4.57 Å². The van der Waals surface area contributed by atoms with Crippen LogP contribution in [-0.4, -0.2) is 19.5 Å². The van der Waals surface area contributed by atoms with E-state index in [1.807, 2.05) is 40.0 Å². The van der Waals surface area contributed by atoms with Gasteiger partial charge in [0.2, 0.25) is 0 Å². The maximum Gasteiger partial charge on any atom is 0.137 e. The molecule has 3 aromatic heterocycles. The molecule has 1 unspecified atom stereocenters. The first kappa shape index (κ1) is 11.9. The summed E-state index contributed by atoms with van der Waals surface area (Å²) in [5.41, 5.74) is 3.86. The molecule has 3 rings (SSSR count). The van der Waals surface area contributed by atoms with E-state index in [2.05, 4.69) is 27.2 Å². The Hall–Kier alpha value is -2.21. The van der Waals surface area contributed by atoms with Crippen molar-refractivity contribution in [2.75, 3.05) is 5.32 Å². The molecule has 0 aromatic carbocycles. The number of rotatable bonds is 4. The molecule has 0 aliphatic rings. The van der Waals surface area contributed by atoms with E-state index in [9.17, 15) is 0 Å². The molecule has 3 heterocycles. The minimum Gasteiger partial charge on any atom is -0.376 e. The third kappa shape index (κ3) is 2.63. The predicted octanol–water partition coefficient (Wildman–Crippen LogP) is 2.90. The number of aromatic nitrogens is 4. The van der Waals surface area contributed by atoms with Crippen LogP contribution in [0.1, 0.15) is 18.7 Å². The van der Waals surface area contributed by atoms with Crippen LogP contribution in [0.4, 0.5) is 5.69 Å². The largest absolute Gasteiger partial charge is 0.376 e. The number of hydrogen-bond acceptors (Lipinski definition) is 5. The zero-order valence-electron chi connectivity index (χ0n) is 10.4. The van der Waals surface area contributed by atoms with Gasteiger partial charge in [0.15, 0.2) is 0 Å². The van der Waals surface area contributed by atoms with E-state index in [0.29, 0.717) is 0 Å². The Labute approximate surface area is 115 Å². The fraction of sp³-hybridized carbons (Fsp3) is 0.154. The minimum atomic E-state index is 0.173. The summed E-state index contributed by atoms with van der Waals surface area (Å²) >= 11 is 1.60. The van der Waals surface area contributed by atoms with Crippen molar-refractivity contribution >= 4 is 17.0 Å². The van der Waals surface area contributed by atoms with Crippen molar-refractivity contribution in [3.63, 3.8) is 0 Å². The molecule has 19 heavy (non-hydrogen) atoms. The summed E-state index contributed by atoms with van der Waals surface area (Å²) in [6, 6.07) is 4.13. The van der Waals surface area contributed by atoms with E-state index >= 15 is 0 Å². The Morgan fingerprint density at radius 3 is 2.89 bits per heavy atom. The molecule has 0 aliphatic carbocycles. The van der Waals surface area contributed by atoms with Crippen LogP contribution in [0.15, 0.2) is 47.9 Å². The number of imidazole rings is 1. The van der Waals surface area contributed by atoms with Crippen LogP contribution in [0.3, 0.4) is 0 Å². The standard InChI is InChI=1S/C13H13N5S/c1-10(12-7-19-9-16-12)17-11-2-3-13(15-6-11)18-5-4-14-8-18/h2-10,17H,1H3. The molecular weight excluding hydrogens is 258 g/mol. The fourth-order valence-electron chi connectivity index (χ4n) is 1.78. The number of nitrogens with one attached hydrogen (secondary N) is 1. The topological polar surface area (TPSA) is 55.6 Å². The monoisotopic (exact) mass is 271 g/mol. The first-order chi connectivity index (χ1) is 9.33. The molecule has 3 aromatic rings. The molecule has 0 saturated heterocycles. The zero-order valence-corrected chi connectivity index (χ0v) is 11.2. The van der Waals surface area contributed by atoms with Crippen LogP contribution in [0, 0.1) is 0 Å². The van der Waals surface area contributed by atoms with Gasteiger partial charge < -0.3 is 5.32 Å². The smallest absolute Gasteiger partial charge is 0.137 e. The number of anilines is 1. The van der Waals surface area contributed by atoms with Gasteiger partial charge in [-0.15, -0.1) is 11.3 Å². The lowest BCUT2D eigenvalue weighted by molar-refractivity contribution is 0.847. The highest BCUT2D eigenvalue weighted by atomic mass is 32.1. The fourth-order valence-corrected chi connectivity index (χ4v) is 2.43. The summed E-state index contributed by atoms with van der Waals surface area (Å²) in [4.78, 5) is 12.7. The Morgan fingerprint density at radius 2 is 2.26 bits per heavy atom. The normalized spacial score (nSPS) is 12.3. The summed E-state index contributed by atoms with van der Waals surface area (Å²) in [7, 11) is 0. The summed E-state index contributed by atoms with van der Waals surface area (Å²) in [5, 5.41) is 5.42. The summed E-state index contributed by atoms with van der Waals surface area (Å²) < 4.78 is 1.87. The summed E-state index contributed by atoms with van der Waals surface area (Å²) in [6.45, 7) is 2.08. The molecule has 0 spiro atoms. The second kappa shape index (κ2) is 5.19. The molecule has 0 aliphatic heterocycles. The van der Waals surface area contributed by atoms with E-state index in [0.717, 1.165) is 17.2 Å². The third-order valence-electron chi connectivity index (χ3n) is 2.80. The van der Waals surface area contributed by atoms with E-state index in [-0.39, 0.29) is 6.04 Å². The minimum absolute atomic E-state index is 0.173. The van der Waals surface area contributed by atoms with Crippen molar-refractivity contribution < 1.29 is 0 Å². The van der Waals surface area contributed by atoms with Crippen molar-refractivity contribution in [2.45, 2.75) is 13.0 Å². The van der Waals surface area contributed by atoms with Gasteiger partial charge in [-0.1, -0.05) is 0 Å². The van der Waals surface area contributed by atoms with E-state index in [1.54, 1.807) is 23.9 Å². The highest BCUT2D eigenvalue weighted by molar-refractivity contribution is 7.07. The van der Waals surface area contributed by atoms with Crippen LogP contribution in [0.25, 0.3) is 5.82 Å². The van der Waals surface area contributed by atoms with Crippen LogP contribution >= 0.6 is 11.3 Å². The van der Waals surface area contributed by atoms with Crippen molar-refractivity contribution in [3.05, 3.63) is 53.6 Å². The first-order valence-electron chi connectivity index (χ1n) is 5.92. The number of pyridine rings is 1. The molecule has 1 N–H and O–H groups in total. The van der Waals surface area contributed by atoms with Crippen LogP contribution in [-0.2, 0) is 0 Å². The number of thiazole rings is 1. The summed E-state index contributed by atoms with van der Waals surface area (Å²) in [5.74, 6) is 0.851. The van der Waals surface area contributed by atoms with Gasteiger partial charge in [0.25, 0.3) is 0 Å². The Morgan fingerprint density at radius 1 is 1.32 bits per heavy atom. The van der Waals surface area contributed by atoms with E-state index in [1.165, 1.54) is 0 Å². The second-order valence-electron chi connectivity index (χ2n) is 4.15. The van der Waals surface area contributed by atoms with Crippen molar-refractivity contribution in [3.8, 4) is 5.82 Å². The molecule has 0 fully saturated rings. The maximum absolute atomic E-state index is 4.40. The van der Waals surface area contributed by atoms with Crippen LogP contribution < -0.4 is 5.32 Å². The van der Waals surface area contributed by atoms with Gasteiger partial charge >= 0.3 is 0 Å². The van der Waals surface area contributed by atoms with Crippen LogP contribution in [0.5, 0.6) is 0 Å². The van der Waals surface area contributed by atoms with Crippen molar-refractivity contribution in [1.82, 2.24) is 19.5 Å². The lowest BCUT2D eigenvalue weighted by Crippen LogP contribution is -2.07. The molecule has 5 nitrogen and oxygen atoms in total. The highest BCUT2D eigenvalue weighted by Crippen LogP contribution is 2.19. The van der Waals surface area contributed by atoms with Crippen molar-refractivity contribution in [2.24, 2.45) is 0 Å². The van der Waals surface area contributed by atoms with Gasteiger partial charge in [-0.25, -0.2) is 15.0 Å². The number of nitrogens with zero attached hydrogens (tertiary/aromatic N) is 4. The molecule has 1 atom stereocenters. The van der Waals surface area contributed by atoms with Gasteiger partial charge in [0.1, 0.15) is 12.1 Å². The molecule has 6 heteroatoms. The molecular formula is C13H13N5S. The lowest BCUT2D eigenvalue weighted by atomic mass is 10.2. The Kier molecular flexibility index (Phi) is 3.24. The Bertz CT molecular complexity index is 616. The zero-order chi connectivity index (χ0) is 13.1. The van der Waals surface area contributed by atoms with Gasteiger partial charge in [0, 0.05) is 17.8 Å². The van der Waals surface area contributed by atoms with Gasteiger partial charge in [-0.05, 0) is 19.1 Å². The van der Waals surface area contributed by atoms with Gasteiger partial charge in [0.05, 0.1) is 29.1 Å². The highest BCUT2D eigenvalue weighted by Gasteiger charge is 2.07. The average Bonchev–Trinajstić information content (AvgIpc) is 3.13. The SMILES string of the molecule is CC(Nc1ccc(-n2ccnc2)nc1)c1cscn1. The second-order valence-corrected chi connectivity index (χ2v) is 4.87. The Balaban J connectivity index is 1.73. The van der Waals surface area contributed by atoms with Crippen LogP contribution in [0.2, 0.25) is 0 Å². The predicted molar refractivity (Wildman–Crippen MR) is 75.5 cm³/mol. The molecule has 96 valence electrons. The maximum atomic E-state index is 4.40. The average molecular weight is 271 g/mol.